The minimum atomic E-state index is -0.318. The molecule has 0 radical (unpaired) electrons. The highest BCUT2D eigenvalue weighted by atomic mass is 19.1. The Balaban J connectivity index is 1.79. The van der Waals surface area contributed by atoms with Gasteiger partial charge in [-0.25, -0.2) is 9.07 Å². The minimum Gasteiger partial charge on any atom is -0.482 e. The van der Waals surface area contributed by atoms with E-state index in [0.29, 0.717) is 24.3 Å². The molecule has 0 spiro atoms. The van der Waals surface area contributed by atoms with Gasteiger partial charge in [0.25, 0.3) is 5.91 Å². The van der Waals surface area contributed by atoms with E-state index in [4.69, 9.17) is 9.84 Å². The molecule has 2 aromatic carbocycles. The lowest BCUT2D eigenvalue weighted by Gasteiger charge is -2.18. The Morgan fingerprint density at radius 3 is 2.78 bits per heavy atom. The summed E-state index contributed by atoms with van der Waals surface area (Å²) < 4.78 is 20.5. The van der Waals surface area contributed by atoms with E-state index < -0.39 is 0 Å². The van der Waals surface area contributed by atoms with Crippen molar-refractivity contribution in [3.63, 3.8) is 0 Å². The zero-order chi connectivity index (χ0) is 18.8. The predicted molar refractivity (Wildman–Crippen MR) is 98.5 cm³/mol. The van der Waals surface area contributed by atoms with Gasteiger partial charge in [0.05, 0.1) is 22.8 Å². The molecular weight excluding hydrogens is 349 g/mol. The SMILES string of the molecule is O=C1COc2ccc(-c3cc(CCCO)nn3-c3ccc(F)cc3)cc2N1. The average Bonchev–Trinajstić information content (AvgIpc) is 3.10. The molecule has 3 aromatic rings. The van der Waals surface area contributed by atoms with Crippen LogP contribution in [0.3, 0.4) is 0 Å². The number of hydrogen-bond donors (Lipinski definition) is 2. The van der Waals surface area contributed by atoms with Crippen molar-refractivity contribution in [3.8, 4) is 22.7 Å². The Bertz CT molecular complexity index is 983. The van der Waals surface area contributed by atoms with E-state index in [-0.39, 0.29) is 24.9 Å². The Morgan fingerprint density at radius 1 is 1.19 bits per heavy atom. The maximum absolute atomic E-state index is 13.3. The lowest BCUT2D eigenvalue weighted by atomic mass is 10.1. The van der Waals surface area contributed by atoms with Crippen molar-refractivity contribution >= 4 is 11.6 Å². The van der Waals surface area contributed by atoms with Gasteiger partial charge in [0.2, 0.25) is 0 Å². The van der Waals surface area contributed by atoms with Crippen LogP contribution >= 0.6 is 0 Å². The fourth-order valence-corrected chi connectivity index (χ4v) is 3.04. The first-order valence-electron chi connectivity index (χ1n) is 8.67. The molecule has 0 unspecified atom stereocenters. The molecule has 6 nitrogen and oxygen atoms in total. The quantitative estimate of drug-likeness (QED) is 0.727. The average molecular weight is 367 g/mol. The van der Waals surface area contributed by atoms with Crippen molar-refractivity contribution < 1.29 is 19.0 Å². The molecule has 1 aromatic heterocycles. The fraction of sp³-hybridized carbons (Fsp3) is 0.200. The summed E-state index contributed by atoms with van der Waals surface area (Å²) in [6.45, 7) is 0.0894. The van der Waals surface area contributed by atoms with Gasteiger partial charge in [0.15, 0.2) is 6.61 Å². The van der Waals surface area contributed by atoms with Gasteiger partial charge in [0.1, 0.15) is 11.6 Å². The molecular formula is C20H18FN3O3. The molecule has 1 aliphatic heterocycles. The number of rotatable bonds is 5. The van der Waals surface area contributed by atoms with Crippen LogP contribution in [0.2, 0.25) is 0 Å². The van der Waals surface area contributed by atoms with Crippen LogP contribution in [-0.2, 0) is 11.2 Å². The van der Waals surface area contributed by atoms with E-state index in [9.17, 15) is 9.18 Å². The van der Waals surface area contributed by atoms with E-state index in [1.807, 2.05) is 18.2 Å². The van der Waals surface area contributed by atoms with Gasteiger partial charge >= 0.3 is 0 Å². The van der Waals surface area contributed by atoms with Crippen LogP contribution < -0.4 is 10.1 Å². The van der Waals surface area contributed by atoms with Gasteiger partial charge in [-0.05, 0) is 61.4 Å². The number of amides is 1. The first kappa shape index (κ1) is 17.2. The van der Waals surface area contributed by atoms with Gasteiger partial charge < -0.3 is 15.2 Å². The summed E-state index contributed by atoms with van der Waals surface area (Å²) in [6.07, 6.45) is 1.23. The van der Waals surface area contributed by atoms with Crippen molar-refractivity contribution in [1.82, 2.24) is 9.78 Å². The highest BCUT2D eigenvalue weighted by molar-refractivity contribution is 5.96. The number of carbonyl (C=O) groups is 1. The second-order valence-corrected chi connectivity index (χ2v) is 6.28. The number of ether oxygens (including phenoxy) is 1. The van der Waals surface area contributed by atoms with Crippen molar-refractivity contribution in [3.05, 3.63) is 60.0 Å². The summed E-state index contributed by atoms with van der Waals surface area (Å²) in [5, 5.41) is 16.5. The zero-order valence-electron chi connectivity index (χ0n) is 14.5. The predicted octanol–water partition coefficient (Wildman–Crippen LogP) is 2.93. The second-order valence-electron chi connectivity index (χ2n) is 6.28. The van der Waals surface area contributed by atoms with Crippen molar-refractivity contribution in [1.29, 1.82) is 0 Å². The molecule has 0 saturated heterocycles. The number of halogens is 1. The number of carbonyl (C=O) groups excluding carboxylic acids is 1. The monoisotopic (exact) mass is 367 g/mol. The van der Waals surface area contributed by atoms with Gasteiger partial charge in [-0.2, -0.15) is 5.10 Å². The molecule has 0 atom stereocenters. The van der Waals surface area contributed by atoms with E-state index in [0.717, 1.165) is 22.6 Å². The van der Waals surface area contributed by atoms with Gasteiger partial charge in [-0.15, -0.1) is 0 Å². The summed E-state index contributed by atoms with van der Waals surface area (Å²) in [4.78, 5) is 11.6. The number of nitrogens with one attached hydrogen (secondary N) is 1. The smallest absolute Gasteiger partial charge is 0.262 e. The van der Waals surface area contributed by atoms with Crippen LogP contribution in [0.15, 0.2) is 48.5 Å². The summed E-state index contributed by atoms with van der Waals surface area (Å²) in [7, 11) is 0. The van der Waals surface area contributed by atoms with E-state index in [1.165, 1.54) is 12.1 Å². The molecule has 0 bridgehead atoms. The Labute approximate surface area is 155 Å². The second kappa shape index (κ2) is 7.20. The normalized spacial score (nSPS) is 13.0. The number of benzene rings is 2. The molecule has 0 fully saturated rings. The summed E-state index contributed by atoms with van der Waals surface area (Å²) >= 11 is 0. The Morgan fingerprint density at radius 2 is 2.00 bits per heavy atom. The maximum atomic E-state index is 13.3. The highest BCUT2D eigenvalue weighted by Gasteiger charge is 2.18. The third-order valence-electron chi connectivity index (χ3n) is 4.33. The Hall–Kier alpha value is -3.19. The topological polar surface area (TPSA) is 76.4 Å². The summed E-state index contributed by atoms with van der Waals surface area (Å²) in [6, 6.07) is 13.5. The van der Waals surface area contributed by atoms with Crippen LogP contribution in [0, 0.1) is 5.82 Å². The number of aryl methyl sites for hydroxylation is 1. The molecule has 0 aliphatic carbocycles. The first-order chi connectivity index (χ1) is 13.1. The lowest BCUT2D eigenvalue weighted by molar-refractivity contribution is -0.118. The molecule has 0 saturated carbocycles. The number of anilines is 1. The third kappa shape index (κ3) is 3.54. The number of aliphatic hydroxyl groups is 1. The number of nitrogens with zero attached hydrogens (tertiary/aromatic N) is 2. The third-order valence-corrected chi connectivity index (χ3v) is 4.33. The van der Waals surface area contributed by atoms with Gasteiger partial charge in [-0.1, -0.05) is 0 Å². The number of aromatic nitrogens is 2. The van der Waals surface area contributed by atoms with Gasteiger partial charge in [0, 0.05) is 12.2 Å². The summed E-state index contributed by atoms with van der Waals surface area (Å²) in [5.41, 5.74) is 3.79. The minimum absolute atomic E-state index is 0.00513. The molecule has 2 N–H and O–H groups in total. The molecule has 2 heterocycles. The number of fused-ring (bicyclic) bond motifs is 1. The lowest BCUT2D eigenvalue weighted by Crippen LogP contribution is -2.25. The fourth-order valence-electron chi connectivity index (χ4n) is 3.04. The first-order valence-corrected chi connectivity index (χ1v) is 8.67. The van der Waals surface area contributed by atoms with Crippen molar-refractivity contribution in [2.45, 2.75) is 12.8 Å². The molecule has 1 amide bonds. The standard InChI is InChI=1S/C20H18FN3O3/c21-14-4-6-16(7-5-14)24-18(11-15(23-24)2-1-9-25)13-3-8-19-17(10-13)22-20(26)12-27-19/h3-8,10-11,25H,1-2,9,12H2,(H,22,26). The van der Waals surface area contributed by atoms with Crippen LogP contribution in [-0.4, -0.2) is 34.0 Å². The summed E-state index contributed by atoms with van der Waals surface area (Å²) in [5.74, 6) is 0.101. The van der Waals surface area contributed by atoms with E-state index in [1.54, 1.807) is 22.9 Å². The maximum Gasteiger partial charge on any atom is 0.262 e. The Kier molecular flexibility index (Phi) is 4.60. The zero-order valence-corrected chi connectivity index (χ0v) is 14.5. The molecule has 27 heavy (non-hydrogen) atoms. The van der Waals surface area contributed by atoms with Crippen LogP contribution in [0.5, 0.6) is 5.75 Å². The number of hydrogen-bond acceptors (Lipinski definition) is 4. The molecule has 4 rings (SSSR count). The van der Waals surface area contributed by atoms with Crippen molar-refractivity contribution in [2.24, 2.45) is 0 Å². The van der Waals surface area contributed by atoms with E-state index >= 15 is 0 Å². The van der Waals surface area contributed by atoms with E-state index in [2.05, 4.69) is 10.4 Å². The van der Waals surface area contributed by atoms with Crippen LogP contribution in [0.25, 0.3) is 16.9 Å². The number of aliphatic hydroxyl groups excluding tert-OH is 1. The van der Waals surface area contributed by atoms with Crippen LogP contribution in [0.4, 0.5) is 10.1 Å². The molecule has 1 aliphatic rings. The van der Waals surface area contributed by atoms with Crippen molar-refractivity contribution in [2.75, 3.05) is 18.5 Å². The van der Waals surface area contributed by atoms with Gasteiger partial charge in [-0.3, -0.25) is 4.79 Å². The van der Waals surface area contributed by atoms with Crippen LogP contribution in [0.1, 0.15) is 12.1 Å². The largest absolute Gasteiger partial charge is 0.482 e. The molecule has 7 heteroatoms. The molecule has 138 valence electrons. The highest BCUT2D eigenvalue weighted by Crippen LogP contribution is 2.34.